The second-order valence-electron chi connectivity index (χ2n) is 6.81. The van der Waals surface area contributed by atoms with Crippen molar-refractivity contribution < 1.29 is 24.5 Å². The molecule has 3 aromatic rings. The van der Waals surface area contributed by atoms with E-state index < -0.39 is 0 Å². The molecule has 1 saturated heterocycles. The summed E-state index contributed by atoms with van der Waals surface area (Å²) >= 11 is 0. The molecule has 1 fully saturated rings. The molecule has 30 heavy (non-hydrogen) atoms. The number of rotatable bonds is 6. The Hall–Kier alpha value is -2.58. The Morgan fingerprint density at radius 3 is 2.53 bits per heavy atom. The summed E-state index contributed by atoms with van der Waals surface area (Å²) in [7, 11) is 0. The fourth-order valence-electron chi connectivity index (χ4n) is 3.37. The van der Waals surface area contributed by atoms with Gasteiger partial charge in [0.2, 0.25) is 0 Å². The number of nitrogens with zero attached hydrogens (tertiary/aromatic N) is 1. The molecule has 8 heteroatoms. The lowest BCUT2D eigenvalue weighted by Crippen LogP contribution is -2.37. The third-order valence-electron chi connectivity index (χ3n) is 4.83. The van der Waals surface area contributed by atoms with Crippen LogP contribution in [0.5, 0.6) is 11.5 Å². The summed E-state index contributed by atoms with van der Waals surface area (Å²) in [6, 6.07) is 13.9. The molecule has 1 aliphatic heterocycles. The first kappa shape index (κ1) is 23.7. The van der Waals surface area contributed by atoms with Gasteiger partial charge in [0.25, 0.3) is 0 Å². The zero-order valence-corrected chi connectivity index (χ0v) is 17.3. The molecule has 1 aliphatic rings. The largest absolute Gasteiger partial charge is 0.507 e. The molecule has 0 amide bonds. The Kier molecular flexibility index (Phi) is 8.68. The van der Waals surface area contributed by atoms with Gasteiger partial charge in [0.05, 0.1) is 19.8 Å². The summed E-state index contributed by atoms with van der Waals surface area (Å²) < 4.78 is 17.0. The Balaban J connectivity index is 0.00000160. The lowest BCUT2D eigenvalue weighted by Gasteiger charge is -2.26. The minimum Gasteiger partial charge on any atom is -0.507 e. The van der Waals surface area contributed by atoms with Crippen LogP contribution in [-0.2, 0) is 4.74 Å². The van der Waals surface area contributed by atoms with Crippen molar-refractivity contribution in [2.24, 2.45) is 0 Å². The van der Waals surface area contributed by atoms with Gasteiger partial charge in [0.15, 0.2) is 5.43 Å². The van der Waals surface area contributed by atoms with E-state index in [2.05, 4.69) is 4.90 Å². The maximum atomic E-state index is 12.5. The molecule has 2 heterocycles. The molecule has 0 unspecified atom stereocenters. The van der Waals surface area contributed by atoms with Crippen LogP contribution in [0.2, 0.25) is 0 Å². The zero-order valence-electron chi connectivity index (χ0n) is 16.5. The van der Waals surface area contributed by atoms with Crippen LogP contribution in [0.1, 0.15) is 6.42 Å². The van der Waals surface area contributed by atoms with E-state index >= 15 is 0 Å². The maximum Gasteiger partial charge on any atom is 0.197 e. The molecule has 0 spiro atoms. The van der Waals surface area contributed by atoms with Crippen molar-refractivity contribution in [3.8, 4) is 22.8 Å². The number of hydrogen-bond donors (Lipinski definition) is 1. The van der Waals surface area contributed by atoms with E-state index in [1.807, 2.05) is 30.3 Å². The van der Waals surface area contributed by atoms with Gasteiger partial charge >= 0.3 is 0 Å². The third-order valence-corrected chi connectivity index (χ3v) is 4.83. The highest BCUT2D eigenvalue weighted by Crippen LogP contribution is 2.31. The standard InChI is InChI=1S/C22H23NO5.ClH.H2O/c24-18-13-17(27-10-4-7-23-8-11-26-12-9-23)14-21-22(18)19(25)15-20(28-21)16-5-2-1-3-6-16;;/h1-3,5-6,13-15,24H,4,7-12H2;1H;1H2. The van der Waals surface area contributed by atoms with E-state index in [0.29, 0.717) is 23.7 Å². The average Bonchev–Trinajstić information content (AvgIpc) is 2.72. The molecule has 7 nitrogen and oxygen atoms in total. The highest BCUT2D eigenvalue weighted by molar-refractivity contribution is 5.86. The highest BCUT2D eigenvalue weighted by Gasteiger charge is 2.13. The normalized spacial score (nSPS) is 14.0. The molecule has 2 aromatic carbocycles. The predicted molar refractivity (Wildman–Crippen MR) is 118 cm³/mol. The monoisotopic (exact) mass is 435 g/mol. The number of hydrogen-bond acceptors (Lipinski definition) is 6. The molecule has 0 radical (unpaired) electrons. The van der Waals surface area contributed by atoms with Gasteiger partial charge in [-0.25, -0.2) is 0 Å². The maximum absolute atomic E-state index is 12.5. The second kappa shape index (κ2) is 11.0. The second-order valence-corrected chi connectivity index (χ2v) is 6.81. The summed E-state index contributed by atoms with van der Waals surface area (Å²) in [5.74, 6) is 0.816. The van der Waals surface area contributed by atoms with Gasteiger partial charge in [-0.1, -0.05) is 30.3 Å². The van der Waals surface area contributed by atoms with Gasteiger partial charge in [-0.15, -0.1) is 12.4 Å². The number of phenolic OH excluding ortho intramolecular Hbond substituents is 1. The first-order chi connectivity index (χ1) is 13.7. The van der Waals surface area contributed by atoms with E-state index in [9.17, 15) is 9.90 Å². The van der Waals surface area contributed by atoms with Crippen LogP contribution in [0.25, 0.3) is 22.3 Å². The van der Waals surface area contributed by atoms with Crippen LogP contribution < -0.4 is 10.2 Å². The topological polar surface area (TPSA) is 104 Å². The minimum atomic E-state index is -0.281. The molecule has 0 saturated carbocycles. The van der Waals surface area contributed by atoms with E-state index in [1.165, 1.54) is 12.1 Å². The first-order valence-corrected chi connectivity index (χ1v) is 9.50. The van der Waals surface area contributed by atoms with E-state index in [-0.39, 0.29) is 34.4 Å². The lowest BCUT2D eigenvalue weighted by atomic mass is 10.1. The van der Waals surface area contributed by atoms with Gasteiger partial charge in [-0.2, -0.15) is 0 Å². The minimum absolute atomic E-state index is 0. The zero-order chi connectivity index (χ0) is 19.3. The SMILES string of the molecule is Cl.O.O=c1cc(-c2ccccc2)oc2cc(OCCCN3CCOCC3)cc(O)c12. The number of ether oxygens (including phenoxy) is 2. The van der Waals surface area contributed by atoms with Crippen LogP contribution in [0.15, 0.2) is 57.7 Å². The molecule has 0 bridgehead atoms. The van der Waals surface area contributed by atoms with Gasteiger partial charge in [0.1, 0.15) is 28.2 Å². The van der Waals surface area contributed by atoms with Crippen LogP contribution in [0.4, 0.5) is 0 Å². The molecule has 0 aliphatic carbocycles. The van der Waals surface area contributed by atoms with Crippen LogP contribution >= 0.6 is 12.4 Å². The molecule has 3 N–H and O–H groups in total. The van der Waals surface area contributed by atoms with Crippen molar-refractivity contribution in [3.05, 3.63) is 58.8 Å². The van der Waals surface area contributed by atoms with Gasteiger partial charge in [0, 0.05) is 43.4 Å². The number of phenols is 1. The van der Waals surface area contributed by atoms with Crippen LogP contribution in [0, 0.1) is 0 Å². The van der Waals surface area contributed by atoms with Crippen molar-refractivity contribution in [2.75, 3.05) is 39.5 Å². The van der Waals surface area contributed by atoms with Crippen molar-refractivity contribution >= 4 is 23.4 Å². The van der Waals surface area contributed by atoms with Crippen molar-refractivity contribution in [1.82, 2.24) is 4.90 Å². The van der Waals surface area contributed by atoms with Gasteiger partial charge in [-0.3, -0.25) is 9.69 Å². The molecular formula is C22H26ClNO6. The Morgan fingerprint density at radius 1 is 1.07 bits per heavy atom. The molecular weight excluding hydrogens is 410 g/mol. The first-order valence-electron chi connectivity index (χ1n) is 9.50. The third kappa shape index (κ3) is 5.52. The molecule has 1 aromatic heterocycles. The van der Waals surface area contributed by atoms with Crippen LogP contribution in [-0.4, -0.2) is 54.9 Å². The smallest absolute Gasteiger partial charge is 0.197 e. The fourth-order valence-corrected chi connectivity index (χ4v) is 3.37. The quantitative estimate of drug-likeness (QED) is 0.597. The van der Waals surface area contributed by atoms with E-state index in [4.69, 9.17) is 13.9 Å². The summed E-state index contributed by atoms with van der Waals surface area (Å²) in [6.07, 6.45) is 0.868. The number of benzene rings is 2. The number of morpholine rings is 1. The summed E-state index contributed by atoms with van der Waals surface area (Å²) in [6.45, 7) is 4.92. The summed E-state index contributed by atoms with van der Waals surface area (Å²) in [5.41, 5.74) is 0.837. The number of fused-ring (bicyclic) bond motifs is 1. The summed E-state index contributed by atoms with van der Waals surface area (Å²) in [5, 5.41) is 10.5. The highest BCUT2D eigenvalue weighted by atomic mass is 35.5. The lowest BCUT2D eigenvalue weighted by molar-refractivity contribution is 0.0358. The van der Waals surface area contributed by atoms with Crippen molar-refractivity contribution in [1.29, 1.82) is 0 Å². The van der Waals surface area contributed by atoms with E-state index in [1.54, 1.807) is 6.07 Å². The molecule has 162 valence electrons. The number of halogens is 1. The van der Waals surface area contributed by atoms with Crippen molar-refractivity contribution in [3.63, 3.8) is 0 Å². The van der Waals surface area contributed by atoms with E-state index in [0.717, 1.165) is 44.8 Å². The van der Waals surface area contributed by atoms with Crippen molar-refractivity contribution in [2.45, 2.75) is 6.42 Å². The fraction of sp³-hybridized carbons (Fsp3) is 0.318. The Morgan fingerprint density at radius 2 is 1.80 bits per heavy atom. The predicted octanol–water partition coefficient (Wildman–Crippen LogP) is 2.86. The van der Waals surface area contributed by atoms with Crippen LogP contribution in [0.3, 0.4) is 0 Å². The van der Waals surface area contributed by atoms with Gasteiger partial charge < -0.3 is 24.5 Å². The molecule has 4 rings (SSSR count). The molecule has 0 atom stereocenters. The number of aromatic hydroxyl groups is 1. The average molecular weight is 436 g/mol. The Labute approximate surface area is 180 Å². The van der Waals surface area contributed by atoms with Gasteiger partial charge in [-0.05, 0) is 6.42 Å². The summed E-state index contributed by atoms with van der Waals surface area (Å²) in [4.78, 5) is 14.8. The Bertz CT molecular complexity index is 1000.